The molecule has 0 aliphatic carbocycles. The molecule has 0 atom stereocenters. The van der Waals surface area contributed by atoms with Gasteiger partial charge < -0.3 is 4.74 Å². The molecular formula is C16H15BrO2. The first-order chi connectivity index (χ1) is 9.08. The van der Waals surface area contributed by atoms with Gasteiger partial charge in [0.15, 0.2) is 6.29 Å². The summed E-state index contributed by atoms with van der Waals surface area (Å²) in [4.78, 5) is 10.9. The van der Waals surface area contributed by atoms with E-state index >= 15 is 0 Å². The molecule has 0 unspecified atom stereocenters. The van der Waals surface area contributed by atoms with Crippen LogP contribution in [-0.4, -0.2) is 6.29 Å². The SMILES string of the molecule is Cc1cc(C)cc(COc2ccc(Br)c(C=O)c2)c1. The molecule has 19 heavy (non-hydrogen) atoms. The highest BCUT2D eigenvalue weighted by atomic mass is 79.9. The third-order valence-corrected chi connectivity index (χ3v) is 3.50. The topological polar surface area (TPSA) is 26.3 Å². The molecule has 98 valence electrons. The lowest BCUT2D eigenvalue weighted by molar-refractivity contribution is 0.112. The summed E-state index contributed by atoms with van der Waals surface area (Å²) in [6, 6.07) is 11.7. The quantitative estimate of drug-likeness (QED) is 0.778. The Morgan fingerprint density at radius 2 is 1.79 bits per heavy atom. The number of carbonyl (C=O) groups is 1. The molecule has 0 aliphatic rings. The zero-order chi connectivity index (χ0) is 13.8. The third-order valence-electron chi connectivity index (χ3n) is 2.78. The Hall–Kier alpha value is -1.61. The normalized spacial score (nSPS) is 10.3. The minimum atomic E-state index is 0.502. The van der Waals surface area contributed by atoms with E-state index < -0.39 is 0 Å². The van der Waals surface area contributed by atoms with Gasteiger partial charge >= 0.3 is 0 Å². The average Bonchev–Trinajstić information content (AvgIpc) is 2.36. The van der Waals surface area contributed by atoms with Gasteiger partial charge in [0, 0.05) is 10.0 Å². The minimum absolute atomic E-state index is 0.502. The largest absolute Gasteiger partial charge is 0.489 e. The summed E-state index contributed by atoms with van der Waals surface area (Å²) in [5.74, 6) is 0.699. The number of aryl methyl sites for hydroxylation is 2. The molecule has 0 amide bonds. The van der Waals surface area contributed by atoms with E-state index in [-0.39, 0.29) is 0 Å². The number of rotatable bonds is 4. The van der Waals surface area contributed by atoms with Crippen molar-refractivity contribution < 1.29 is 9.53 Å². The predicted octanol–water partition coefficient (Wildman–Crippen LogP) is 4.46. The highest BCUT2D eigenvalue weighted by Crippen LogP contribution is 2.22. The van der Waals surface area contributed by atoms with Crippen molar-refractivity contribution in [3.8, 4) is 5.75 Å². The van der Waals surface area contributed by atoms with Crippen LogP contribution >= 0.6 is 15.9 Å². The number of ether oxygens (including phenoxy) is 1. The van der Waals surface area contributed by atoms with Gasteiger partial charge in [0.2, 0.25) is 0 Å². The second-order valence-electron chi connectivity index (χ2n) is 4.59. The van der Waals surface area contributed by atoms with Gasteiger partial charge in [0.1, 0.15) is 12.4 Å². The molecular weight excluding hydrogens is 304 g/mol. The van der Waals surface area contributed by atoms with Gasteiger partial charge in [-0.3, -0.25) is 4.79 Å². The first kappa shape index (κ1) is 13.8. The second kappa shape index (κ2) is 6.02. The number of aldehydes is 1. The summed E-state index contributed by atoms with van der Waals surface area (Å²) in [6.45, 7) is 4.64. The Labute approximate surface area is 121 Å². The lowest BCUT2D eigenvalue weighted by Crippen LogP contribution is -1.97. The lowest BCUT2D eigenvalue weighted by Gasteiger charge is -2.09. The molecule has 2 nitrogen and oxygen atoms in total. The van der Waals surface area contributed by atoms with E-state index in [4.69, 9.17) is 4.74 Å². The first-order valence-electron chi connectivity index (χ1n) is 6.03. The van der Waals surface area contributed by atoms with Gasteiger partial charge in [-0.1, -0.05) is 45.3 Å². The molecule has 0 spiro atoms. The summed E-state index contributed by atoms with van der Waals surface area (Å²) in [6.07, 6.45) is 0.813. The molecule has 2 rings (SSSR count). The Balaban J connectivity index is 2.12. The van der Waals surface area contributed by atoms with E-state index in [9.17, 15) is 4.79 Å². The number of carbonyl (C=O) groups excluding carboxylic acids is 1. The van der Waals surface area contributed by atoms with Crippen LogP contribution in [0.3, 0.4) is 0 Å². The fraction of sp³-hybridized carbons (Fsp3) is 0.188. The molecule has 0 aliphatic heterocycles. The molecule has 0 saturated heterocycles. The highest BCUT2D eigenvalue weighted by molar-refractivity contribution is 9.10. The molecule has 0 radical (unpaired) electrons. The molecule has 0 heterocycles. The predicted molar refractivity (Wildman–Crippen MR) is 79.8 cm³/mol. The van der Waals surface area contributed by atoms with Crippen LogP contribution in [0.15, 0.2) is 40.9 Å². The molecule has 2 aromatic carbocycles. The van der Waals surface area contributed by atoms with E-state index in [1.54, 1.807) is 6.07 Å². The summed E-state index contributed by atoms with van der Waals surface area (Å²) in [5, 5.41) is 0. The van der Waals surface area contributed by atoms with Crippen molar-refractivity contribution in [2.45, 2.75) is 20.5 Å². The van der Waals surface area contributed by atoms with Crippen molar-refractivity contribution in [2.24, 2.45) is 0 Å². The van der Waals surface area contributed by atoms with E-state index in [1.807, 2.05) is 12.1 Å². The molecule has 0 fully saturated rings. The van der Waals surface area contributed by atoms with Crippen LogP contribution in [0.2, 0.25) is 0 Å². The standard InChI is InChI=1S/C16H15BrO2/c1-11-5-12(2)7-13(6-11)10-19-15-3-4-16(17)14(8-15)9-18/h3-9H,10H2,1-2H3. The van der Waals surface area contributed by atoms with E-state index in [1.165, 1.54) is 11.1 Å². The summed E-state index contributed by atoms with van der Waals surface area (Å²) < 4.78 is 6.50. The van der Waals surface area contributed by atoms with Crippen LogP contribution in [0.25, 0.3) is 0 Å². The number of benzene rings is 2. The smallest absolute Gasteiger partial charge is 0.151 e. The van der Waals surface area contributed by atoms with Gasteiger partial charge in [-0.25, -0.2) is 0 Å². The van der Waals surface area contributed by atoms with Crippen LogP contribution in [0.4, 0.5) is 0 Å². The van der Waals surface area contributed by atoms with Gasteiger partial charge in [-0.15, -0.1) is 0 Å². The van der Waals surface area contributed by atoms with Gasteiger partial charge in [0.25, 0.3) is 0 Å². The summed E-state index contributed by atoms with van der Waals surface area (Å²) >= 11 is 3.32. The number of halogens is 1. The van der Waals surface area contributed by atoms with Crippen LogP contribution in [0, 0.1) is 13.8 Å². The molecule has 0 saturated carbocycles. The van der Waals surface area contributed by atoms with E-state index in [0.717, 1.165) is 16.3 Å². The van der Waals surface area contributed by atoms with E-state index in [2.05, 4.69) is 48.0 Å². The second-order valence-corrected chi connectivity index (χ2v) is 5.44. The van der Waals surface area contributed by atoms with Crippen LogP contribution in [0.5, 0.6) is 5.75 Å². The molecule has 0 N–H and O–H groups in total. The molecule has 0 aromatic heterocycles. The Kier molecular flexibility index (Phi) is 4.38. The number of hydrogen-bond acceptors (Lipinski definition) is 2. The fourth-order valence-corrected chi connectivity index (χ4v) is 2.36. The minimum Gasteiger partial charge on any atom is -0.489 e. The zero-order valence-corrected chi connectivity index (χ0v) is 12.5. The van der Waals surface area contributed by atoms with Gasteiger partial charge in [-0.05, 0) is 37.6 Å². The highest BCUT2D eigenvalue weighted by Gasteiger charge is 2.02. The lowest BCUT2D eigenvalue weighted by atomic mass is 10.1. The van der Waals surface area contributed by atoms with Gasteiger partial charge in [-0.2, -0.15) is 0 Å². The molecule has 0 bridgehead atoms. The Morgan fingerprint density at radius 1 is 1.11 bits per heavy atom. The maximum atomic E-state index is 10.9. The summed E-state index contributed by atoms with van der Waals surface area (Å²) in [7, 11) is 0. The first-order valence-corrected chi connectivity index (χ1v) is 6.82. The Bertz CT molecular complexity index is 585. The van der Waals surface area contributed by atoms with Crippen LogP contribution in [-0.2, 0) is 6.61 Å². The monoisotopic (exact) mass is 318 g/mol. The van der Waals surface area contributed by atoms with Crippen LogP contribution < -0.4 is 4.74 Å². The molecule has 3 heteroatoms. The van der Waals surface area contributed by atoms with E-state index in [0.29, 0.717) is 17.9 Å². The number of hydrogen-bond donors (Lipinski definition) is 0. The Morgan fingerprint density at radius 3 is 2.42 bits per heavy atom. The maximum absolute atomic E-state index is 10.9. The molecule has 2 aromatic rings. The fourth-order valence-electron chi connectivity index (χ4n) is 2.02. The van der Waals surface area contributed by atoms with Crippen molar-refractivity contribution in [1.29, 1.82) is 0 Å². The maximum Gasteiger partial charge on any atom is 0.151 e. The van der Waals surface area contributed by atoms with Crippen molar-refractivity contribution in [3.05, 3.63) is 63.1 Å². The van der Waals surface area contributed by atoms with Gasteiger partial charge in [0.05, 0.1) is 0 Å². The van der Waals surface area contributed by atoms with Crippen molar-refractivity contribution >= 4 is 22.2 Å². The van der Waals surface area contributed by atoms with Crippen molar-refractivity contribution in [3.63, 3.8) is 0 Å². The third kappa shape index (κ3) is 3.67. The zero-order valence-electron chi connectivity index (χ0n) is 10.9. The summed E-state index contributed by atoms with van der Waals surface area (Å²) in [5.41, 5.74) is 4.18. The van der Waals surface area contributed by atoms with Crippen LogP contribution in [0.1, 0.15) is 27.0 Å². The van der Waals surface area contributed by atoms with Crippen molar-refractivity contribution in [2.75, 3.05) is 0 Å². The average molecular weight is 319 g/mol. The van der Waals surface area contributed by atoms with Crippen molar-refractivity contribution in [1.82, 2.24) is 0 Å².